The van der Waals surface area contributed by atoms with E-state index in [1.807, 2.05) is 60.7 Å². The van der Waals surface area contributed by atoms with Crippen molar-refractivity contribution in [1.82, 2.24) is 19.7 Å². The van der Waals surface area contributed by atoms with Gasteiger partial charge < -0.3 is 9.47 Å². The van der Waals surface area contributed by atoms with Crippen molar-refractivity contribution in [3.8, 4) is 11.4 Å². The Bertz CT molecular complexity index is 593. The number of hydrogen-bond acceptors (Lipinski definition) is 4. The number of hydrogen-bond donors (Lipinski definition) is 0. The third-order valence-electron chi connectivity index (χ3n) is 3.31. The van der Waals surface area contributed by atoms with Crippen molar-refractivity contribution >= 4 is 17.7 Å². The average Bonchev–Trinajstić information content (AvgIpc) is 2.88. The van der Waals surface area contributed by atoms with Gasteiger partial charge in [0, 0.05) is 25.7 Å². The molecule has 0 aliphatic heterocycles. The zero-order valence-electron chi connectivity index (χ0n) is 12.6. The molecule has 0 radical (unpaired) electrons. The number of amides is 1. The van der Waals surface area contributed by atoms with Gasteiger partial charge in [-0.1, -0.05) is 42.1 Å². The molecule has 0 saturated carbocycles. The van der Waals surface area contributed by atoms with E-state index in [9.17, 15) is 4.79 Å². The van der Waals surface area contributed by atoms with Gasteiger partial charge in [0.05, 0.1) is 5.75 Å². The molecule has 5 nitrogen and oxygen atoms in total. The van der Waals surface area contributed by atoms with Crippen LogP contribution >= 0.6 is 11.8 Å². The Labute approximate surface area is 129 Å². The maximum atomic E-state index is 12.0. The third-order valence-corrected chi connectivity index (χ3v) is 4.31. The zero-order chi connectivity index (χ0) is 15.2. The van der Waals surface area contributed by atoms with Crippen molar-refractivity contribution in [3.63, 3.8) is 0 Å². The Morgan fingerprint density at radius 1 is 1.19 bits per heavy atom. The van der Waals surface area contributed by atoms with Gasteiger partial charge in [-0.05, 0) is 13.8 Å². The fourth-order valence-corrected chi connectivity index (χ4v) is 2.89. The number of carbonyl (C=O) groups excluding carboxylic acids is 1. The molecule has 1 aromatic heterocycles. The summed E-state index contributed by atoms with van der Waals surface area (Å²) < 4.78 is 1.93. The molecule has 0 fully saturated rings. The van der Waals surface area contributed by atoms with Gasteiger partial charge in [0.25, 0.3) is 0 Å². The first-order valence-corrected chi connectivity index (χ1v) is 8.01. The van der Waals surface area contributed by atoms with Gasteiger partial charge in [-0.25, -0.2) is 0 Å². The van der Waals surface area contributed by atoms with Gasteiger partial charge >= 0.3 is 0 Å². The number of rotatable bonds is 6. The molecule has 112 valence electrons. The molecule has 0 bridgehead atoms. The van der Waals surface area contributed by atoms with Gasteiger partial charge in [0.2, 0.25) is 5.91 Å². The minimum atomic E-state index is 0.134. The minimum absolute atomic E-state index is 0.134. The summed E-state index contributed by atoms with van der Waals surface area (Å²) in [6, 6.07) is 9.92. The molecule has 0 aliphatic carbocycles. The van der Waals surface area contributed by atoms with E-state index in [2.05, 4.69) is 10.2 Å². The van der Waals surface area contributed by atoms with Crippen LogP contribution in [0.5, 0.6) is 0 Å². The molecule has 0 saturated heterocycles. The second-order valence-corrected chi connectivity index (χ2v) is 5.53. The second-order valence-electron chi connectivity index (χ2n) is 4.59. The van der Waals surface area contributed by atoms with Crippen LogP contribution < -0.4 is 0 Å². The summed E-state index contributed by atoms with van der Waals surface area (Å²) in [7, 11) is 1.92. The average molecular weight is 304 g/mol. The molecule has 2 rings (SSSR count). The predicted octanol–water partition coefficient (Wildman–Crippen LogP) is 2.44. The molecule has 0 N–H and O–H groups in total. The molecule has 1 aromatic carbocycles. The van der Waals surface area contributed by atoms with Crippen molar-refractivity contribution in [3.05, 3.63) is 30.3 Å². The monoisotopic (exact) mass is 304 g/mol. The molecule has 0 aliphatic rings. The SMILES string of the molecule is CCN(CC)C(=O)CSc1nnc(-c2ccccc2)n1C. The highest BCUT2D eigenvalue weighted by atomic mass is 32.2. The summed E-state index contributed by atoms with van der Waals surface area (Å²) in [5, 5.41) is 9.16. The standard InChI is InChI=1S/C15H20N4OS/c1-4-19(5-2)13(20)11-21-15-17-16-14(18(15)3)12-9-7-6-8-10-12/h6-10H,4-5,11H2,1-3H3. The van der Waals surface area contributed by atoms with Crippen molar-refractivity contribution in [1.29, 1.82) is 0 Å². The van der Waals surface area contributed by atoms with Crippen molar-refractivity contribution in [2.45, 2.75) is 19.0 Å². The van der Waals surface area contributed by atoms with Crippen LogP contribution in [0.15, 0.2) is 35.5 Å². The van der Waals surface area contributed by atoms with Gasteiger partial charge in [0.1, 0.15) is 0 Å². The van der Waals surface area contributed by atoms with Crippen LogP contribution in [-0.4, -0.2) is 44.4 Å². The largest absolute Gasteiger partial charge is 0.343 e. The number of nitrogens with zero attached hydrogens (tertiary/aromatic N) is 4. The normalized spacial score (nSPS) is 10.6. The lowest BCUT2D eigenvalue weighted by molar-refractivity contribution is -0.127. The van der Waals surface area contributed by atoms with Crippen LogP contribution in [-0.2, 0) is 11.8 Å². The Morgan fingerprint density at radius 3 is 2.48 bits per heavy atom. The first-order chi connectivity index (χ1) is 10.2. The van der Waals surface area contributed by atoms with Crippen molar-refractivity contribution in [2.24, 2.45) is 7.05 Å². The van der Waals surface area contributed by atoms with E-state index < -0.39 is 0 Å². The first kappa shape index (κ1) is 15.6. The fourth-order valence-electron chi connectivity index (χ4n) is 2.07. The van der Waals surface area contributed by atoms with Crippen LogP contribution in [0.2, 0.25) is 0 Å². The van der Waals surface area contributed by atoms with E-state index >= 15 is 0 Å². The van der Waals surface area contributed by atoms with Crippen LogP contribution in [0, 0.1) is 0 Å². The Morgan fingerprint density at radius 2 is 1.86 bits per heavy atom. The summed E-state index contributed by atoms with van der Waals surface area (Å²) in [4.78, 5) is 13.8. The van der Waals surface area contributed by atoms with Crippen LogP contribution in [0.4, 0.5) is 0 Å². The third kappa shape index (κ3) is 3.64. The maximum absolute atomic E-state index is 12.0. The Balaban J connectivity index is 2.06. The molecule has 0 spiro atoms. The number of aromatic nitrogens is 3. The fraction of sp³-hybridized carbons (Fsp3) is 0.400. The molecule has 2 aromatic rings. The van der Waals surface area contributed by atoms with Crippen LogP contribution in [0.3, 0.4) is 0 Å². The quantitative estimate of drug-likeness (QED) is 0.769. The van der Waals surface area contributed by atoms with Crippen LogP contribution in [0.25, 0.3) is 11.4 Å². The lowest BCUT2D eigenvalue weighted by Gasteiger charge is -2.17. The smallest absolute Gasteiger partial charge is 0.233 e. The number of thioether (sulfide) groups is 1. The van der Waals surface area contributed by atoms with E-state index in [-0.39, 0.29) is 5.91 Å². The van der Waals surface area contributed by atoms with Gasteiger partial charge in [-0.3, -0.25) is 4.79 Å². The second kappa shape index (κ2) is 7.26. The van der Waals surface area contributed by atoms with E-state index in [4.69, 9.17) is 0 Å². The Kier molecular flexibility index (Phi) is 5.38. The van der Waals surface area contributed by atoms with Gasteiger partial charge in [0.15, 0.2) is 11.0 Å². The summed E-state index contributed by atoms with van der Waals surface area (Å²) in [5.41, 5.74) is 1.02. The molecule has 1 amide bonds. The molecular formula is C15H20N4OS. The molecular weight excluding hydrogens is 284 g/mol. The van der Waals surface area contributed by atoms with E-state index in [0.717, 1.165) is 29.6 Å². The lowest BCUT2D eigenvalue weighted by Crippen LogP contribution is -2.31. The van der Waals surface area contributed by atoms with Gasteiger partial charge in [-0.2, -0.15) is 0 Å². The molecule has 1 heterocycles. The van der Waals surface area contributed by atoms with Crippen molar-refractivity contribution < 1.29 is 4.79 Å². The number of benzene rings is 1. The maximum Gasteiger partial charge on any atom is 0.233 e. The summed E-state index contributed by atoms with van der Waals surface area (Å²) in [6.45, 7) is 5.46. The highest BCUT2D eigenvalue weighted by Crippen LogP contribution is 2.22. The molecule has 0 unspecified atom stereocenters. The summed E-state index contributed by atoms with van der Waals surface area (Å²) in [6.07, 6.45) is 0. The minimum Gasteiger partial charge on any atom is -0.343 e. The van der Waals surface area contributed by atoms with E-state index in [1.54, 1.807) is 0 Å². The van der Waals surface area contributed by atoms with E-state index in [0.29, 0.717) is 5.75 Å². The van der Waals surface area contributed by atoms with Crippen LogP contribution in [0.1, 0.15) is 13.8 Å². The predicted molar refractivity (Wildman–Crippen MR) is 85.1 cm³/mol. The summed E-state index contributed by atoms with van der Waals surface area (Å²) in [5.74, 6) is 1.34. The zero-order valence-corrected chi connectivity index (χ0v) is 13.4. The highest BCUT2D eigenvalue weighted by molar-refractivity contribution is 7.99. The Hall–Kier alpha value is -1.82. The van der Waals surface area contributed by atoms with E-state index in [1.165, 1.54) is 11.8 Å². The molecule has 21 heavy (non-hydrogen) atoms. The highest BCUT2D eigenvalue weighted by Gasteiger charge is 2.14. The number of carbonyl (C=O) groups is 1. The molecule has 0 atom stereocenters. The first-order valence-electron chi connectivity index (χ1n) is 7.02. The molecule has 6 heteroatoms. The van der Waals surface area contributed by atoms with Crippen molar-refractivity contribution in [2.75, 3.05) is 18.8 Å². The summed E-state index contributed by atoms with van der Waals surface area (Å²) >= 11 is 1.43. The topological polar surface area (TPSA) is 51.0 Å². The van der Waals surface area contributed by atoms with Gasteiger partial charge in [-0.15, -0.1) is 10.2 Å². The lowest BCUT2D eigenvalue weighted by atomic mass is 10.2.